The first kappa shape index (κ1) is 15.1. The SMILES string of the molecule is Clc1nsnc1C12CCCN(CC1)C2.O=C(O)C(=O)O. The minimum atomic E-state index is -1.82. The predicted molar refractivity (Wildman–Crippen MR) is 72.2 cm³/mol. The number of hydrogen-bond donors (Lipinski definition) is 2. The van der Waals surface area contributed by atoms with Crippen LogP contribution in [0.3, 0.4) is 0 Å². The third kappa shape index (κ3) is 3.08. The zero-order chi connectivity index (χ0) is 14.8. The molecule has 0 amide bonds. The third-order valence-corrected chi connectivity index (χ3v) is 4.59. The van der Waals surface area contributed by atoms with Crippen molar-refractivity contribution in [2.24, 2.45) is 0 Å². The topological polar surface area (TPSA) is 104 Å². The van der Waals surface area contributed by atoms with Gasteiger partial charge in [0.2, 0.25) is 0 Å². The summed E-state index contributed by atoms with van der Waals surface area (Å²) < 4.78 is 8.46. The van der Waals surface area contributed by atoms with Crippen molar-refractivity contribution in [1.82, 2.24) is 13.6 Å². The fourth-order valence-corrected chi connectivity index (χ4v) is 3.75. The maximum absolute atomic E-state index is 9.10. The highest BCUT2D eigenvalue weighted by molar-refractivity contribution is 6.99. The number of fused-ring (bicyclic) bond motifs is 2. The van der Waals surface area contributed by atoms with Crippen LogP contribution in [0.4, 0.5) is 0 Å². The maximum Gasteiger partial charge on any atom is 0.414 e. The molecule has 3 rings (SSSR count). The van der Waals surface area contributed by atoms with E-state index < -0.39 is 11.9 Å². The van der Waals surface area contributed by atoms with Gasteiger partial charge in [-0.05, 0) is 32.4 Å². The fourth-order valence-electron chi connectivity index (χ4n) is 2.80. The standard InChI is InChI=1S/C9H12ClN3S.C2H2O4/c10-8-7(11-14-12-8)9-2-1-4-13(6-9)5-3-9;3-1(4)2(5)6/h1-6H2;(H,3,4)(H,5,6). The van der Waals surface area contributed by atoms with Crippen LogP contribution in [-0.4, -0.2) is 55.4 Å². The lowest BCUT2D eigenvalue weighted by Gasteiger charge is -2.32. The molecule has 2 saturated heterocycles. The molecule has 2 fully saturated rings. The molecule has 0 spiro atoms. The Labute approximate surface area is 124 Å². The minimum Gasteiger partial charge on any atom is -0.473 e. The number of carbonyl (C=O) groups is 2. The lowest BCUT2D eigenvalue weighted by Crippen LogP contribution is -2.37. The second kappa shape index (κ2) is 6.02. The molecule has 0 saturated carbocycles. The molecule has 2 bridgehead atoms. The lowest BCUT2D eigenvalue weighted by atomic mass is 9.78. The number of halogens is 1. The van der Waals surface area contributed by atoms with Crippen LogP contribution in [0.2, 0.25) is 5.15 Å². The van der Waals surface area contributed by atoms with E-state index in [1.807, 2.05) is 0 Å². The molecule has 2 N–H and O–H groups in total. The highest BCUT2D eigenvalue weighted by Crippen LogP contribution is 2.43. The number of aliphatic carboxylic acids is 2. The van der Waals surface area contributed by atoms with E-state index in [0.29, 0.717) is 5.15 Å². The summed E-state index contributed by atoms with van der Waals surface area (Å²) >= 11 is 7.32. The van der Waals surface area contributed by atoms with E-state index in [-0.39, 0.29) is 5.41 Å². The van der Waals surface area contributed by atoms with Crippen molar-refractivity contribution >= 4 is 35.3 Å². The van der Waals surface area contributed by atoms with Crippen molar-refractivity contribution in [1.29, 1.82) is 0 Å². The molecule has 9 heteroatoms. The molecular formula is C11H14ClN3O4S. The number of carboxylic acid groups (broad SMARTS) is 2. The van der Waals surface area contributed by atoms with Gasteiger partial charge in [0.1, 0.15) is 5.69 Å². The van der Waals surface area contributed by atoms with E-state index in [9.17, 15) is 0 Å². The third-order valence-electron chi connectivity index (χ3n) is 3.70. The Morgan fingerprint density at radius 3 is 2.45 bits per heavy atom. The lowest BCUT2D eigenvalue weighted by molar-refractivity contribution is -0.159. The van der Waals surface area contributed by atoms with Crippen LogP contribution in [0.5, 0.6) is 0 Å². The summed E-state index contributed by atoms with van der Waals surface area (Å²) in [6, 6.07) is 0. The van der Waals surface area contributed by atoms with Crippen LogP contribution in [0, 0.1) is 0 Å². The maximum atomic E-state index is 9.10. The van der Waals surface area contributed by atoms with Gasteiger partial charge in [0.25, 0.3) is 0 Å². The van der Waals surface area contributed by atoms with Crippen molar-refractivity contribution in [3.8, 4) is 0 Å². The Balaban J connectivity index is 0.000000212. The number of piperidine rings is 1. The molecule has 0 radical (unpaired) electrons. The van der Waals surface area contributed by atoms with Crippen molar-refractivity contribution in [3.05, 3.63) is 10.8 Å². The smallest absolute Gasteiger partial charge is 0.414 e. The Bertz CT molecular complexity index is 508. The average molecular weight is 320 g/mol. The number of hydrogen-bond acceptors (Lipinski definition) is 6. The summed E-state index contributed by atoms with van der Waals surface area (Å²) in [4.78, 5) is 20.7. The molecule has 2 unspecified atom stereocenters. The van der Waals surface area contributed by atoms with E-state index in [0.717, 1.165) is 12.2 Å². The molecule has 1 aromatic rings. The van der Waals surface area contributed by atoms with Gasteiger partial charge in [-0.1, -0.05) is 11.6 Å². The Kier molecular flexibility index (Phi) is 4.56. The van der Waals surface area contributed by atoms with Gasteiger partial charge in [-0.2, -0.15) is 8.75 Å². The van der Waals surface area contributed by atoms with E-state index in [4.69, 9.17) is 31.4 Å². The van der Waals surface area contributed by atoms with Gasteiger partial charge in [-0.15, -0.1) is 0 Å². The van der Waals surface area contributed by atoms with Gasteiger partial charge in [-0.25, -0.2) is 9.59 Å². The summed E-state index contributed by atoms with van der Waals surface area (Å²) in [7, 11) is 0. The number of nitrogens with zero attached hydrogens (tertiary/aromatic N) is 3. The van der Waals surface area contributed by atoms with Crippen molar-refractivity contribution in [2.45, 2.75) is 24.7 Å². The van der Waals surface area contributed by atoms with Crippen LogP contribution in [-0.2, 0) is 15.0 Å². The molecule has 2 aliphatic heterocycles. The van der Waals surface area contributed by atoms with Crippen LogP contribution >= 0.6 is 23.3 Å². The van der Waals surface area contributed by atoms with Crippen molar-refractivity contribution in [3.63, 3.8) is 0 Å². The normalized spacial score (nSPS) is 27.6. The summed E-state index contributed by atoms with van der Waals surface area (Å²) in [5, 5.41) is 15.4. The zero-order valence-electron chi connectivity index (χ0n) is 10.6. The van der Waals surface area contributed by atoms with E-state index in [1.165, 1.54) is 44.1 Å². The molecule has 110 valence electrons. The van der Waals surface area contributed by atoms with E-state index in [1.54, 1.807) is 0 Å². The average Bonchev–Trinajstić information content (AvgIpc) is 2.95. The summed E-state index contributed by atoms with van der Waals surface area (Å²) in [6.45, 7) is 3.59. The fraction of sp³-hybridized carbons (Fsp3) is 0.636. The molecule has 1 aromatic heterocycles. The van der Waals surface area contributed by atoms with Crippen molar-refractivity contribution in [2.75, 3.05) is 19.6 Å². The minimum absolute atomic E-state index is 0.238. The second-order valence-electron chi connectivity index (χ2n) is 4.92. The van der Waals surface area contributed by atoms with Crippen LogP contribution in [0.1, 0.15) is 25.0 Å². The van der Waals surface area contributed by atoms with Crippen LogP contribution in [0.15, 0.2) is 0 Å². The predicted octanol–water partition coefficient (Wildman–Crippen LogP) is 1.08. The quantitative estimate of drug-likeness (QED) is 0.746. The first-order valence-electron chi connectivity index (χ1n) is 6.12. The van der Waals surface area contributed by atoms with Crippen LogP contribution < -0.4 is 0 Å². The summed E-state index contributed by atoms with van der Waals surface area (Å²) in [6.07, 6.45) is 3.71. The number of carboxylic acids is 2. The second-order valence-corrected chi connectivity index (χ2v) is 5.81. The highest BCUT2D eigenvalue weighted by atomic mass is 35.5. The molecule has 0 aromatic carbocycles. The monoisotopic (exact) mass is 319 g/mol. The van der Waals surface area contributed by atoms with Gasteiger partial charge < -0.3 is 15.1 Å². The molecule has 2 atom stereocenters. The molecule has 7 nitrogen and oxygen atoms in total. The van der Waals surface area contributed by atoms with Gasteiger partial charge in [-0.3, -0.25) is 0 Å². The Morgan fingerprint density at radius 1 is 1.20 bits per heavy atom. The van der Waals surface area contributed by atoms with Gasteiger partial charge in [0, 0.05) is 12.0 Å². The number of aromatic nitrogens is 2. The first-order valence-corrected chi connectivity index (χ1v) is 7.22. The Hall–Kier alpha value is -1.25. The molecular weight excluding hydrogens is 306 g/mol. The highest BCUT2D eigenvalue weighted by Gasteiger charge is 2.45. The zero-order valence-corrected chi connectivity index (χ0v) is 12.2. The van der Waals surface area contributed by atoms with Gasteiger partial charge >= 0.3 is 11.9 Å². The molecule has 0 aliphatic carbocycles. The Morgan fingerprint density at radius 2 is 1.90 bits per heavy atom. The first-order chi connectivity index (χ1) is 9.44. The summed E-state index contributed by atoms with van der Waals surface area (Å²) in [5.74, 6) is -3.65. The van der Waals surface area contributed by atoms with Crippen LogP contribution in [0.25, 0.3) is 0 Å². The van der Waals surface area contributed by atoms with E-state index in [2.05, 4.69) is 13.6 Å². The largest absolute Gasteiger partial charge is 0.473 e. The van der Waals surface area contributed by atoms with Gasteiger partial charge in [0.15, 0.2) is 5.15 Å². The molecule has 20 heavy (non-hydrogen) atoms. The number of rotatable bonds is 1. The van der Waals surface area contributed by atoms with Gasteiger partial charge in [0.05, 0.1) is 11.7 Å². The van der Waals surface area contributed by atoms with Crippen molar-refractivity contribution < 1.29 is 19.8 Å². The molecule has 2 aliphatic rings. The summed E-state index contributed by atoms with van der Waals surface area (Å²) in [5.41, 5.74) is 1.30. The van der Waals surface area contributed by atoms with E-state index >= 15 is 0 Å². The molecule has 3 heterocycles.